The summed E-state index contributed by atoms with van der Waals surface area (Å²) >= 11 is 0. The number of aromatic amines is 1. The summed E-state index contributed by atoms with van der Waals surface area (Å²) in [6, 6.07) is 0. The molecule has 19 heavy (non-hydrogen) atoms. The number of nitrogens with zero attached hydrogens (tertiary/aromatic N) is 2. The largest absolute Gasteiger partial charge is 0.339 e. The number of hydrogen-bond donors (Lipinski definition) is 2. The molecule has 0 atom stereocenters. The molecule has 0 unspecified atom stereocenters. The van der Waals surface area contributed by atoms with Crippen molar-refractivity contribution in [1.82, 2.24) is 4.98 Å². The molecule has 4 heteroatoms. The highest BCUT2D eigenvalue weighted by atomic mass is 15.0. The summed E-state index contributed by atoms with van der Waals surface area (Å²) in [6.07, 6.45) is 3.19. The van der Waals surface area contributed by atoms with E-state index >= 15 is 0 Å². The molecule has 1 aromatic heterocycles. The fourth-order valence-corrected chi connectivity index (χ4v) is 1.49. The Morgan fingerprint density at radius 1 is 1.37 bits per heavy atom. The molecule has 1 heterocycles. The topological polar surface area (TPSA) is 64.4 Å². The summed E-state index contributed by atoms with van der Waals surface area (Å²) in [4.78, 5) is 10.8. The molecule has 1 aromatic rings. The zero-order valence-corrected chi connectivity index (χ0v) is 11.4. The van der Waals surface area contributed by atoms with Gasteiger partial charge >= 0.3 is 0 Å². The summed E-state index contributed by atoms with van der Waals surface area (Å²) in [5, 5.41) is 9.19. The minimum atomic E-state index is 0.393. The second-order valence-corrected chi connectivity index (χ2v) is 4.19. The maximum Gasteiger partial charge on any atom is 0.135 e. The molecule has 0 aliphatic carbocycles. The van der Waals surface area contributed by atoms with Gasteiger partial charge in [-0.2, -0.15) is 0 Å². The maximum absolute atomic E-state index is 7.54. The predicted molar refractivity (Wildman–Crippen MR) is 84.1 cm³/mol. The van der Waals surface area contributed by atoms with Crippen LogP contribution in [0.15, 0.2) is 34.3 Å². The van der Waals surface area contributed by atoms with E-state index in [0.29, 0.717) is 22.7 Å². The van der Waals surface area contributed by atoms with Gasteiger partial charge < -0.3 is 10.4 Å². The first-order valence-corrected chi connectivity index (χ1v) is 5.69. The van der Waals surface area contributed by atoms with Crippen LogP contribution in [-0.4, -0.2) is 23.8 Å². The number of aromatic nitrogens is 1. The first-order valence-electron chi connectivity index (χ1n) is 5.69. The molecule has 0 aromatic carbocycles. The average Bonchev–Trinajstić information content (AvgIpc) is 2.63. The van der Waals surface area contributed by atoms with E-state index in [0.717, 1.165) is 16.1 Å². The first-order chi connectivity index (χ1) is 8.88. The van der Waals surface area contributed by atoms with Crippen molar-refractivity contribution in [2.75, 3.05) is 0 Å². The van der Waals surface area contributed by atoms with Crippen LogP contribution < -0.4 is 10.6 Å². The number of nitrogens with one attached hydrogen (secondary N) is 2. The molecule has 0 amide bonds. The number of hydrogen-bond acceptors (Lipinski definition) is 2. The van der Waals surface area contributed by atoms with Crippen LogP contribution >= 0.6 is 0 Å². The van der Waals surface area contributed by atoms with Crippen LogP contribution in [0.5, 0.6) is 0 Å². The lowest BCUT2D eigenvalue weighted by molar-refractivity contribution is 1.27. The van der Waals surface area contributed by atoms with Crippen molar-refractivity contribution < 1.29 is 0 Å². The first kappa shape index (κ1) is 14.6. The summed E-state index contributed by atoms with van der Waals surface area (Å²) in [5.74, 6) is 0.689. The van der Waals surface area contributed by atoms with Gasteiger partial charge in [-0.1, -0.05) is 19.7 Å². The molecular weight excluding hydrogens is 236 g/mol. The van der Waals surface area contributed by atoms with E-state index in [1.807, 2.05) is 13.0 Å². The second kappa shape index (κ2) is 5.91. The summed E-state index contributed by atoms with van der Waals surface area (Å²) in [5.41, 5.74) is 2.61. The Balaban J connectivity index is 3.30. The third kappa shape index (κ3) is 3.25. The van der Waals surface area contributed by atoms with Gasteiger partial charge in [0.2, 0.25) is 0 Å². The Morgan fingerprint density at radius 3 is 2.53 bits per heavy atom. The Kier molecular flexibility index (Phi) is 4.53. The lowest BCUT2D eigenvalue weighted by Gasteiger charge is -2.01. The van der Waals surface area contributed by atoms with Crippen molar-refractivity contribution in [2.45, 2.75) is 13.8 Å². The Bertz CT molecular complexity index is 686. The summed E-state index contributed by atoms with van der Waals surface area (Å²) < 4.78 is 0. The van der Waals surface area contributed by atoms with Gasteiger partial charge in [0, 0.05) is 16.6 Å². The molecule has 98 valence electrons. The van der Waals surface area contributed by atoms with E-state index in [2.05, 4.69) is 41.4 Å². The molecule has 1 rings (SSSR count). The molecular formula is C15H18N4. The quantitative estimate of drug-likeness (QED) is 0.459. The molecule has 0 aliphatic rings. The van der Waals surface area contributed by atoms with Gasteiger partial charge in [0.05, 0.1) is 0 Å². The monoisotopic (exact) mass is 254 g/mol. The van der Waals surface area contributed by atoms with Crippen molar-refractivity contribution >= 4 is 37.2 Å². The van der Waals surface area contributed by atoms with Gasteiger partial charge in [-0.15, -0.1) is 0 Å². The van der Waals surface area contributed by atoms with E-state index in [4.69, 9.17) is 5.41 Å². The lowest BCUT2D eigenvalue weighted by atomic mass is 10.1. The van der Waals surface area contributed by atoms with Crippen molar-refractivity contribution in [1.29, 1.82) is 5.41 Å². The molecule has 0 aliphatic heterocycles. The molecule has 0 fully saturated rings. The average molecular weight is 254 g/mol. The number of allylic oxidation sites excluding steroid dienone is 2. The van der Waals surface area contributed by atoms with E-state index in [-0.39, 0.29) is 0 Å². The van der Waals surface area contributed by atoms with E-state index in [1.165, 1.54) is 6.34 Å². The van der Waals surface area contributed by atoms with Crippen LogP contribution in [-0.2, 0) is 0 Å². The molecule has 4 nitrogen and oxygen atoms in total. The Morgan fingerprint density at radius 2 is 2.00 bits per heavy atom. The molecule has 0 radical (unpaired) electrons. The second-order valence-electron chi connectivity index (χ2n) is 4.19. The molecule has 0 spiro atoms. The highest BCUT2D eigenvalue weighted by Gasteiger charge is 2.03. The zero-order valence-electron chi connectivity index (χ0n) is 11.4. The third-order valence-corrected chi connectivity index (χ3v) is 2.81. The fraction of sp³-hybridized carbons (Fsp3) is 0.133. The van der Waals surface area contributed by atoms with Crippen molar-refractivity contribution in [3.8, 4) is 0 Å². The molecule has 0 saturated carbocycles. The lowest BCUT2D eigenvalue weighted by Crippen LogP contribution is -2.22. The summed E-state index contributed by atoms with van der Waals surface area (Å²) in [6.45, 7) is 18.7. The minimum Gasteiger partial charge on any atom is -0.339 e. The van der Waals surface area contributed by atoms with Gasteiger partial charge in [-0.3, -0.25) is 4.99 Å². The van der Waals surface area contributed by atoms with Gasteiger partial charge in [-0.05, 0) is 43.0 Å². The Labute approximate surface area is 112 Å². The molecule has 0 saturated heterocycles. The van der Waals surface area contributed by atoms with E-state index in [1.54, 1.807) is 6.92 Å². The fourth-order valence-electron chi connectivity index (χ4n) is 1.49. The number of H-pyrrole nitrogens is 1. The number of rotatable bonds is 5. The van der Waals surface area contributed by atoms with Crippen LogP contribution in [0.1, 0.15) is 12.5 Å². The van der Waals surface area contributed by atoms with Crippen LogP contribution in [0, 0.1) is 12.3 Å². The highest BCUT2D eigenvalue weighted by molar-refractivity contribution is 6.01. The minimum absolute atomic E-state index is 0.393. The zero-order chi connectivity index (χ0) is 14.6. The molecule has 0 bridgehead atoms. The molecule has 2 N–H and O–H groups in total. The van der Waals surface area contributed by atoms with E-state index in [9.17, 15) is 0 Å². The van der Waals surface area contributed by atoms with E-state index < -0.39 is 0 Å². The van der Waals surface area contributed by atoms with Gasteiger partial charge in [0.25, 0.3) is 0 Å². The van der Waals surface area contributed by atoms with Crippen LogP contribution in [0.2, 0.25) is 0 Å². The van der Waals surface area contributed by atoms with Crippen LogP contribution in [0.25, 0.3) is 12.7 Å². The van der Waals surface area contributed by atoms with Gasteiger partial charge in [0.15, 0.2) is 0 Å². The van der Waals surface area contributed by atoms with Crippen LogP contribution in [0.4, 0.5) is 5.82 Å². The normalized spacial score (nSPS) is 11.8. The highest BCUT2D eigenvalue weighted by Crippen LogP contribution is 2.10. The Hall–Kier alpha value is -2.49. The van der Waals surface area contributed by atoms with Gasteiger partial charge in [0.1, 0.15) is 12.2 Å². The summed E-state index contributed by atoms with van der Waals surface area (Å²) in [7, 11) is 0. The van der Waals surface area contributed by atoms with Crippen LogP contribution in [0.3, 0.4) is 0 Å². The van der Waals surface area contributed by atoms with Crippen molar-refractivity contribution in [2.24, 2.45) is 9.98 Å². The third-order valence-electron chi connectivity index (χ3n) is 2.81. The maximum atomic E-state index is 7.54. The smallest absolute Gasteiger partial charge is 0.135 e. The standard InChI is InChI=1S/C15H18N4/c1-9(10(2)13(5)16)7-14-11(3)12(4)15(19-14)18-8-17-6/h7-8,16,19H,1-3,6H2,4-5H3. The van der Waals surface area contributed by atoms with Gasteiger partial charge in [-0.25, -0.2) is 4.99 Å². The van der Waals surface area contributed by atoms with Crippen molar-refractivity contribution in [3.63, 3.8) is 0 Å². The predicted octanol–water partition coefficient (Wildman–Crippen LogP) is 2.03. The number of aliphatic imine (C=N–C) groups is 2. The SMILES string of the molecule is C=NC=Nc1[nH]c(=CC(=C)C(=C)C(C)=N)c(=C)c1C. The van der Waals surface area contributed by atoms with Crippen molar-refractivity contribution in [3.05, 3.63) is 40.4 Å².